The van der Waals surface area contributed by atoms with Gasteiger partial charge in [0.25, 0.3) is 5.91 Å². The molecule has 0 aliphatic rings. The van der Waals surface area contributed by atoms with E-state index in [9.17, 15) is 4.79 Å². The molecule has 28 heavy (non-hydrogen) atoms. The molecule has 3 aromatic carbocycles. The van der Waals surface area contributed by atoms with Gasteiger partial charge in [0.2, 0.25) is 5.89 Å². The highest BCUT2D eigenvalue weighted by molar-refractivity contribution is 9.10. The van der Waals surface area contributed by atoms with Crippen molar-refractivity contribution in [1.82, 2.24) is 4.98 Å². The molecule has 0 aliphatic heterocycles. The summed E-state index contributed by atoms with van der Waals surface area (Å²) in [6.07, 6.45) is 0. The van der Waals surface area contributed by atoms with Gasteiger partial charge in [0.1, 0.15) is 5.52 Å². The van der Waals surface area contributed by atoms with Crippen molar-refractivity contribution in [2.24, 2.45) is 0 Å². The number of anilines is 1. The van der Waals surface area contributed by atoms with Gasteiger partial charge in [0.15, 0.2) is 5.58 Å². The number of halogens is 4. The number of carbonyl (C=O) groups excluding carboxylic acids is 1. The van der Waals surface area contributed by atoms with Crippen molar-refractivity contribution in [2.45, 2.75) is 0 Å². The number of nitrogens with one attached hydrogen (secondary N) is 1. The van der Waals surface area contributed by atoms with Crippen LogP contribution in [0.25, 0.3) is 22.6 Å². The van der Waals surface area contributed by atoms with E-state index in [-0.39, 0.29) is 11.5 Å². The fraction of sp³-hybridized carbons (Fsp3) is 0. The summed E-state index contributed by atoms with van der Waals surface area (Å²) in [6, 6.07) is 15.3. The Balaban J connectivity index is 1.66. The van der Waals surface area contributed by atoms with Crippen LogP contribution in [-0.2, 0) is 0 Å². The van der Waals surface area contributed by atoms with Crippen molar-refractivity contribution in [1.29, 1.82) is 0 Å². The number of nitrogens with zero attached hydrogens (tertiary/aromatic N) is 1. The molecule has 1 amide bonds. The van der Waals surface area contributed by atoms with E-state index in [4.69, 9.17) is 39.2 Å². The van der Waals surface area contributed by atoms with E-state index in [2.05, 4.69) is 26.2 Å². The molecule has 0 atom stereocenters. The number of rotatable bonds is 3. The molecule has 0 saturated carbocycles. The van der Waals surface area contributed by atoms with E-state index in [1.54, 1.807) is 36.4 Å². The van der Waals surface area contributed by atoms with E-state index < -0.39 is 0 Å². The monoisotopic (exact) mass is 494 g/mol. The molecule has 0 fully saturated rings. The van der Waals surface area contributed by atoms with Gasteiger partial charge in [0, 0.05) is 15.2 Å². The maximum atomic E-state index is 12.5. The molecule has 1 heterocycles. The summed E-state index contributed by atoms with van der Waals surface area (Å²) in [5.74, 6) is 0.0215. The molecule has 4 aromatic rings. The molecule has 0 saturated heterocycles. The highest BCUT2D eigenvalue weighted by atomic mass is 79.9. The number of amides is 1. The number of hydrogen-bond donors (Lipinski definition) is 1. The summed E-state index contributed by atoms with van der Waals surface area (Å²) in [5.41, 5.74) is 2.67. The molecular weight excluding hydrogens is 486 g/mol. The molecule has 0 unspecified atom stereocenters. The quantitative estimate of drug-likeness (QED) is 0.320. The molecular formula is C20H10BrCl3N2O2. The van der Waals surface area contributed by atoms with E-state index >= 15 is 0 Å². The number of benzene rings is 3. The Labute approximate surface area is 183 Å². The lowest BCUT2D eigenvalue weighted by molar-refractivity contribution is 0.102. The molecule has 0 aliphatic carbocycles. The Hall–Kier alpha value is -2.05. The average molecular weight is 497 g/mol. The molecule has 0 radical (unpaired) electrons. The van der Waals surface area contributed by atoms with Crippen molar-refractivity contribution in [3.63, 3.8) is 0 Å². The maximum Gasteiger partial charge on any atom is 0.257 e. The Kier molecular flexibility index (Phi) is 5.34. The molecule has 4 nitrogen and oxygen atoms in total. The lowest BCUT2D eigenvalue weighted by Gasteiger charge is -2.07. The first-order valence-electron chi connectivity index (χ1n) is 8.03. The van der Waals surface area contributed by atoms with Crippen LogP contribution in [0.1, 0.15) is 10.4 Å². The summed E-state index contributed by atoms with van der Waals surface area (Å²) < 4.78 is 6.66. The zero-order valence-electron chi connectivity index (χ0n) is 14.0. The van der Waals surface area contributed by atoms with Crippen LogP contribution in [0.2, 0.25) is 15.1 Å². The zero-order valence-corrected chi connectivity index (χ0v) is 17.8. The summed E-state index contributed by atoms with van der Waals surface area (Å²) in [4.78, 5) is 17.0. The van der Waals surface area contributed by atoms with Gasteiger partial charge in [-0.3, -0.25) is 4.79 Å². The second kappa shape index (κ2) is 7.76. The third kappa shape index (κ3) is 3.89. The van der Waals surface area contributed by atoms with Crippen molar-refractivity contribution >= 4 is 73.4 Å². The first-order valence-corrected chi connectivity index (χ1v) is 9.96. The van der Waals surface area contributed by atoms with Crippen LogP contribution >= 0.6 is 50.7 Å². The minimum atomic E-state index is -0.370. The summed E-state index contributed by atoms with van der Waals surface area (Å²) in [7, 11) is 0. The maximum absolute atomic E-state index is 12.5. The smallest absolute Gasteiger partial charge is 0.257 e. The van der Waals surface area contributed by atoms with Crippen LogP contribution in [0.4, 0.5) is 5.69 Å². The number of fused-ring (bicyclic) bond motifs is 1. The number of hydrogen-bond acceptors (Lipinski definition) is 3. The first kappa shape index (κ1) is 19.3. The van der Waals surface area contributed by atoms with Crippen LogP contribution in [0.15, 0.2) is 63.5 Å². The van der Waals surface area contributed by atoms with Crippen molar-refractivity contribution in [3.05, 3.63) is 79.7 Å². The Morgan fingerprint density at radius 1 is 0.964 bits per heavy atom. The van der Waals surface area contributed by atoms with Gasteiger partial charge in [-0.2, -0.15) is 0 Å². The standard InChI is InChI=1S/C20H10BrCl3N2O2/c21-10-1-4-16(24)14(7-10)20-26-17-9-12(3-6-18(17)28-20)25-19(27)13-8-11(22)2-5-15(13)23/h1-9H,(H,25,27). The van der Waals surface area contributed by atoms with E-state index in [1.807, 2.05) is 12.1 Å². The van der Waals surface area contributed by atoms with Gasteiger partial charge >= 0.3 is 0 Å². The number of aromatic nitrogens is 1. The highest BCUT2D eigenvalue weighted by Gasteiger charge is 2.15. The second-order valence-electron chi connectivity index (χ2n) is 5.90. The molecule has 8 heteroatoms. The summed E-state index contributed by atoms with van der Waals surface area (Å²) in [6.45, 7) is 0. The summed E-state index contributed by atoms with van der Waals surface area (Å²) in [5, 5.41) is 4.06. The topological polar surface area (TPSA) is 55.1 Å². The van der Waals surface area contributed by atoms with Crippen LogP contribution < -0.4 is 5.32 Å². The van der Waals surface area contributed by atoms with Crippen molar-refractivity contribution < 1.29 is 9.21 Å². The molecule has 0 spiro atoms. The van der Waals surface area contributed by atoms with Crippen molar-refractivity contribution in [2.75, 3.05) is 5.32 Å². The first-order chi connectivity index (χ1) is 13.4. The SMILES string of the molecule is O=C(Nc1ccc2oc(-c3cc(Br)ccc3Cl)nc2c1)c1cc(Cl)ccc1Cl. The van der Waals surface area contributed by atoms with Crippen molar-refractivity contribution in [3.8, 4) is 11.5 Å². The van der Waals surface area contributed by atoms with Gasteiger partial charge in [-0.05, 0) is 54.6 Å². The predicted molar refractivity (Wildman–Crippen MR) is 117 cm³/mol. The largest absolute Gasteiger partial charge is 0.436 e. The predicted octanol–water partition coefficient (Wildman–Crippen LogP) is 7.47. The highest BCUT2D eigenvalue weighted by Crippen LogP contribution is 2.33. The lowest BCUT2D eigenvalue weighted by Crippen LogP contribution is -2.12. The third-order valence-corrected chi connectivity index (χ3v) is 5.36. The molecule has 1 aromatic heterocycles. The minimum Gasteiger partial charge on any atom is -0.436 e. The fourth-order valence-corrected chi connectivity index (χ4v) is 3.59. The van der Waals surface area contributed by atoms with E-state index in [0.29, 0.717) is 43.3 Å². The normalized spacial score (nSPS) is 11.0. The van der Waals surface area contributed by atoms with Crippen LogP contribution in [0.3, 0.4) is 0 Å². The lowest BCUT2D eigenvalue weighted by atomic mass is 10.2. The van der Waals surface area contributed by atoms with Gasteiger partial charge in [-0.25, -0.2) is 4.98 Å². The van der Waals surface area contributed by atoms with E-state index in [1.165, 1.54) is 6.07 Å². The Morgan fingerprint density at radius 2 is 1.75 bits per heavy atom. The third-order valence-electron chi connectivity index (χ3n) is 3.98. The summed E-state index contributed by atoms with van der Waals surface area (Å²) >= 11 is 21.7. The van der Waals surface area contributed by atoms with Gasteiger partial charge in [-0.1, -0.05) is 50.7 Å². The van der Waals surface area contributed by atoms with Crippen LogP contribution in [0, 0.1) is 0 Å². The van der Waals surface area contributed by atoms with Crippen LogP contribution in [-0.4, -0.2) is 10.9 Å². The fourth-order valence-electron chi connectivity index (χ4n) is 2.65. The Bertz CT molecular complexity index is 1220. The molecule has 140 valence electrons. The molecule has 4 rings (SSSR count). The van der Waals surface area contributed by atoms with Gasteiger partial charge in [-0.15, -0.1) is 0 Å². The van der Waals surface area contributed by atoms with Gasteiger partial charge in [0.05, 0.1) is 21.2 Å². The second-order valence-corrected chi connectivity index (χ2v) is 8.07. The Morgan fingerprint density at radius 3 is 2.57 bits per heavy atom. The minimum absolute atomic E-state index is 0.288. The average Bonchev–Trinajstić information content (AvgIpc) is 3.08. The molecule has 1 N–H and O–H groups in total. The van der Waals surface area contributed by atoms with E-state index in [0.717, 1.165) is 4.47 Å². The number of carbonyl (C=O) groups is 1. The zero-order chi connectivity index (χ0) is 19.8. The number of oxazole rings is 1. The van der Waals surface area contributed by atoms with Gasteiger partial charge < -0.3 is 9.73 Å². The van der Waals surface area contributed by atoms with Crippen LogP contribution in [0.5, 0.6) is 0 Å². The molecule has 0 bridgehead atoms.